The van der Waals surface area contributed by atoms with E-state index in [1.54, 1.807) is 19.9 Å². The second-order valence-corrected chi connectivity index (χ2v) is 4.92. The number of benzene rings is 1. The number of ether oxygens (including phenoxy) is 1. The molecule has 0 bridgehead atoms. The number of rotatable bonds is 7. The number of nitrogens with one attached hydrogen (secondary N) is 1. The van der Waals surface area contributed by atoms with Gasteiger partial charge >= 0.3 is 5.97 Å². The molecule has 7 heteroatoms. The van der Waals surface area contributed by atoms with E-state index in [4.69, 9.17) is 9.26 Å². The number of para-hydroxylation sites is 1. The third kappa shape index (κ3) is 5.21. The van der Waals surface area contributed by atoms with Crippen LogP contribution >= 0.6 is 0 Å². The van der Waals surface area contributed by atoms with Crippen LogP contribution < -0.4 is 5.32 Å². The van der Waals surface area contributed by atoms with Crippen molar-refractivity contribution in [3.8, 4) is 0 Å². The highest BCUT2D eigenvalue weighted by Crippen LogP contribution is 2.19. The van der Waals surface area contributed by atoms with Gasteiger partial charge in [0.05, 0.1) is 19.4 Å². The first-order valence-electron chi connectivity index (χ1n) is 7.41. The molecular formula is C16H19N3O4. The summed E-state index contributed by atoms with van der Waals surface area (Å²) in [6.45, 7) is 3.79. The molecule has 0 saturated heterocycles. The van der Waals surface area contributed by atoms with Gasteiger partial charge < -0.3 is 14.6 Å². The minimum atomic E-state index is -0.378. The number of aryl methyl sites for hydroxylation is 1. The highest BCUT2D eigenvalue weighted by molar-refractivity contribution is 5.93. The van der Waals surface area contributed by atoms with Crippen molar-refractivity contribution >= 4 is 17.6 Å². The molecule has 1 heterocycles. The van der Waals surface area contributed by atoms with Gasteiger partial charge in [0.15, 0.2) is 5.82 Å². The summed E-state index contributed by atoms with van der Waals surface area (Å²) in [4.78, 5) is 27.4. The van der Waals surface area contributed by atoms with E-state index in [0.717, 1.165) is 5.56 Å². The van der Waals surface area contributed by atoms with Gasteiger partial charge in [-0.1, -0.05) is 23.4 Å². The highest BCUT2D eigenvalue weighted by Gasteiger charge is 2.12. The monoisotopic (exact) mass is 317 g/mol. The van der Waals surface area contributed by atoms with Crippen LogP contribution in [0.5, 0.6) is 0 Å². The molecule has 122 valence electrons. The number of hydrogen-bond donors (Lipinski definition) is 1. The topological polar surface area (TPSA) is 94.3 Å². The minimum absolute atomic E-state index is 0.0602. The van der Waals surface area contributed by atoms with E-state index in [9.17, 15) is 9.59 Å². The zero-order valence-electron chi connectivity index (χ0n) is 13.2. The van der Waals surface area contributed by atoms with E-state index in [2.05, 4.69) is 15.5 Å². The van der Waals surface area contributed by atoms with Crippen molar-refractivity contribution in [2.75, 3.05) is 11.9 Å². The number of hydrogen-bond acceptors (Lipinski definition) is 6. The molecule has 1 N–H and O–H groups in total. The Hall–Kier alpha value is -2.70. The van der Waals surface area contributed by atoms with Gasteiger partial charge in [-0.25, -0.2) is 0 Å². The third-order valence-corrected chi connectivity index (χ3v) is 3.06. The molecule has 0 unspecified atom stereocenters. The lowest BCUT2D eigenvalue weighted by atomic mass is 10.1. The molecule has 1 amide bonds. The second kappa shape index (κ2) is 8.07. The number of esters is 1. The van der Waals surface area contributed by atoms with E-state index in [1.807, 2.05) is 18.2 Å². The molecule has 0 atom stereocenters. The zero-order chi connectivity index (χ0) is 16.7. The third-order valence-electron chi connectivity index (χ3n) is 3.06. The van der Waals surface area contributed by atoms with E-state index in [-0.39, 0.29) is 24.7 Å². The fraction of sp³-hybridized carbons (Fsp3) is 0.375. The molecule has 0 spiro atoms. The maximum atomic E-state index is 12.0. The summed E-state index contributed by atoms with van der Waals surface area (Å²) in [5.74, 6) is 0.427. The lowest BCUT2D eigenvalue weighted by molar-refractivity contribution is -0.144. The Bertz CT molecular complexity index is 681. The van der Waals surface area contributed by atoms with Crippen molar-refractivity contribution < 1.29 is 18.8 Å². The predicted octanol–water partition coefficient (Wildman–Crippen LogP) is 2.25. The van der Waals surface area contributed by atoms with Crippen molar-refractivity contribution in [3.05, 3.63) is 41.5 Å². The van der Waals surface area contributed by atoms with Crippen LogP contribution in [0.3, 0.4) is 0 Å². The van der Waals surface area contributed by atoms with E-state index in [0.29, 0.717) is 30.4 Å². The minimum Gasteiger partial charge on any atom is -0.466 e. The van der Waals surface area contributed by atoms with Crippen LogP contribution in [0.15, 0.2) is 28.8 Å². The quantitative estimate of drug-likeness (QED) is 0.787. The smallest absolute Gasteiger partial charge is 0.306 e. The Morgan fingerprint density at radius 2 is 2.04 bits per heavy atom. The number of nitrogens with zero attached hydrogens (tertiary/aromatic N) is 2. The normalized spacial score (nSPS) is 10.3. The summed E-state index contributed by atoms with van der Waals surface area (Å²) in [5, 5.41) is 6.54. The molecule has 0 aliphatic carbocycles. The Kier molecular flexibility index (Phi) is 5.85. The zero-order valence-corrected chi connectivity index (χ0v) is 13.2. The van der Waals surface area contributed by atoms with Crippen LogP contribution in [-0.4, -0.2) is 28.6 Å². The van der Waals surface area contributed by atoms with Crippen molar-refractivity contribution in [1.29, 1.82) is 0 Å². The number of carbonyl (C=O) groups excluding carboxylic acids is 2. The van der Waals surface area contributed by atoms with Crippen molar-refractivity contribution in [1.82, 2.24) is 10.1 Å². The molecule has 0 fully saturated rings. The fourth-order valence-electron chi connectivity index (χ4n) is 2.03. The van der Waals surface area contributed by atoms with E-state index in [1.165, 1.54) is 0 Å². The Morgan fingerprint density at radius 1 is 1.26 bits per heavy atom. The maximum Gasteiger partial charge on any atom is 0.306 e. The molecule has 2 aromatic rings. The number of carbonyl (C=O) groups is 2. The molecule has 7 nitrogen and oxygen atoms in total. The first-order valence-corrected chi connectivity index (χ1v) is 7.41. The van der Waals surface area contributed by atoms with Gasteiger partial charge in [0.1, 0.15) is 0 Å². The molecule has 1 aromatic heterocycles. The van der Waals surface area contributed by atoms with Crippen LogP contribution in [0.25, 0.3) is 0 Å². The molecule has 0 radical (unpaired) electrons. The van der Waals surface area contributed by atoms with Gasteiger partial charge in [0.2, 0.25) is 11.8 Å². The van der Waals surface area contributed by atoms with Crippen LogP contribution in [0.4, 0.5) is 5.69 Å². The molecule has 0 aliphatic heterocycles. The highest BCUT2D eigenvalue weighted by atomic mass is 16.5. The average Bonchev–Trinajstić information content (AvgIpc) is 2.93. The molecule has 0 saturated carbocycles. The fourth-order valence-corrected chi connectivity index (χ4v) is 2.03. The summed E-state index contributed by atoms with van der Waals surface area (Å²) in [5.41, 5.74) is 1.53. The molecular weight excluding hydrogens is 298 g/mol. The van der Waals surface area contributed by atoms with Gasteiger partial charge in [0, 0.05) is 12.1 Å². The molecule has 1 aromatic carbocycles. The van der Waals surface area contributed by atoms with Crippen LogP contribution in [0.1, 0.15) is 37.0 Å². The van der Waals surface area contributed by atoms with Crippen molar-refractivity contribution in [2.45, 2.75) is 33.1 Å². The Morgan fingerprint density at radius 3 is 2.74 bits per heavy atom. The van der Waals surface area contributed by atoms with Gasteiger partial charge in [-0.3, -0.25) is 9.59 Å². The van der Waals surface area contributed by atoms with Crippen molar-refractivity contribution in [3.63, 3.8) is 0 Å². The van der Waals surface area contributed by atoms with E-state index >= 15 is 0 Å². The Labute approximate surface area is 134 Å². The lowest BCUT2D eigenvalue weighted by Crippen LogP contribution is -2.15. The first kappa shape index (κ1) is 16.7. The summed E-state index contributed by atoms with van der Waals surface area (Å²) < 4.78 is 9.90. The molecule has 0 aliphatic rings. The first-order chi connectivity index (χ1) is 11.1. The van der Waals surface area contributed by atoms with Gasteiger partial charge in [-0.15, -0.1) is 0 Å². The largest absolute Gasteiger partial charge is 0.466 e. The van der Waals surface area contributed by atoms with E-state index < -0.39 is 0 Å². The summed E-state index contributed by atoms with van der Waals surface area (Å²) in [6, 6.07) is 7.36. The van der Waals surface area contributed by atoms with Crippen LogP contribution in [0.2, 0.25) is 0 Å². The molecule has 2 rings (SSSR count). The summed E-state index contributed by atoms with van der Waals surface area (Å²) in [6.07, 6.45) is 0.562. The number of aromatic nitrogens is 2. The predicted molar refractivity (Wildman–Crippen MR) is 82.8 cm³/mol. The van der Waals surface area contributed by atoms with Gasteiger partial charge in [-0.05, 0) is 25.5 Å². The average molecular weight is 317 g/mol. The van der Waals surface area contributed by atoms with Crippen LogP contribution in [-0.2, 0) is 20.7 Å². The standard InChI is InChI=1S/C16H19N3O4/c1-3-22-16(21)9-8-14(20)18-13-7-5-4-6-12(13)10-15-17-11(2)19-23-15/h4-7H,3,8-10H2,1-2H3,(H,18,20). The van der Waals surface area contributed by atoms with Crippen molar-refractivity contribution in [2.24, 2.45) is 0 Å². The Balaban J connectivity index is 1.97. The van der Waals surface area contributed by atoms with Gasteiger partial charge in [-0.2, -0.15) is 4.98 Å². The molecule has 23 heavy (non-hydrogen) atoms. The maximum absolute atomic E-state index is 12.0. The van der Waals surface area contributed by atoms with Gasteiger partial charge in [0.25, 0.3) is 0 Å². The summed E-state index contributed by atoms with van der Waals surface area (Å²) >= 11 is 0. The number of anilines is 1. The number of amides is 1. The SMILES string of the molecule is CCOC(=O)CCC(=O)Nc1ccccc1Cc1nc(C)no1. The van der Waals surface area contributed by atoms with Crippen LogP contribution in [0, 0.1) is 6.92 Å². The summed E-state index contributed by atoms with van der Waals surface area (Å²) in [7, 11) is 0. The lowest BCUT2D eigenvalue weighted by Gasteiger charge is -2.09. The second-order valence-electron chi connectivity index (χ2n) is 4.92.